The summed E-state index contributed by atoms with van der Waals surface area (Å²) in [7, 11) is 0. The normalized spacial score (nSPS) is 18.1. The smallest absolute Gasteiger partial charge is 0.0543 e. The first kappa shape index (κ1) is 30.2. The Morgan fingerprint density at radius 3 is 1.96 bits per heavy atom. The first-order valence-electron chi connectivity index (χ1n) is 17.9. The number of fused-ring (bicyclic) bond motifs is 5. The average Bonchev–Trinajstić information content (AvgIpc) is 3.29. The van der Waals surface area contributed by atoms with E-state index < -0.39 is 0 Å². The van der Waals surface area contributed by atoms with Crippen LogP contribution in [-0.2, 0) is 29.1 Å². The minimum atomic E-state index is -0.0919. The average molecular weight is 616 g/mol. The highest BCUT2D eigenvalue weighted by atomic mass is 15.1. The molecule has 0 atom stereocenters. The molecule has 1 nitrogen and oxygen atoms in total. The van der Waals surface area contributed by atoms with Crippen molar-refractivity contribution in [1.29, 1.82) is 0 Å². The van der Waals surface area contributed by atoms with E-state index in [-0.39, 0.29) is 16.2 Å². The summed E-state index contributed by atoms with van der Waals surface area (Å²) in [4.78, 5) is 2.57. The van der Waals surface area contributed by atoms with Gasteiger partial charge in [0.25, 0.3) is 0 Å². The van der Waals surface area contributed by atoms with Crippen LogP contribution in [0, 0.1) is 6.92 Å². The minimum absolute atomic E-state index is 0.0725. The molecule has 0 amide bonds. The number of aryl methyl sites for hydroxylation is 3. The molecule has 0 radical (unpaired) electrons. The van der Waals surface area contributed by atoms with Crippen LogP contribution in [0.5, 0.6) is 0 Å². The lowest BCUT2D eigenvalue weighted by atomic mass is 9.60. The third-order valence-corrected chi connectivity index (χ3v) is 12.0. The van der Waals surface area contributed by atoms with Gasteiger partial charge in [-0.2, -0.15) is 0 Å². The fraction of sp³-hybridized carbons (Fsp3) is 0.348. The van der Waals surface area contributed by atoms with Crippen molar-refractivity contribution in [3.05, 3.63) is 136 Å². The molecule has 5 aromatic rings. The van der Waals surface area contributed by atoms with E-state index in [1.54, 1.807) is 11.1 Å². The van der Waals surface area contributed by atoms with E-state index in [4.69, 9.17) is 0 Å². The maximum Gasteiger partial charge on any atom is 0.0543 e. The summed E-state index contributed by atoms with van der Waals surface area (Å²) in [5, 5.41) is 0. The zero-order valence-electron chi connectivity index (χ0n) is 29.4. The summed E-state index contributed by atoms with van der Waals surface area (Å²) in [6.07, 6.45) is 7.33. The van der Waals surface area contributed by atoms with E-state index in [2.05, 4.69) is 150 Å². The van der Waals surface area contributed by atoms with Gasteiger partial charge >= 0.3 is 0 Å². The second-order valence-corrected chi connectivity index (χ2v) is 16.4. The second kappa shape index (κ2) is 10.7. The highest BCUT2D eigenvalue weighted by Crippen LogP contribution is 2.56. The molecule has 1 heteroatoms. The maximum absolute atomic E-state index is 2.57. The van der Waals surface area contributed by atoms with Crippen molar-refractivity contribution in [2.75, 3.05) is 4.90 Å². The predicted octanol–water partition coefficient (Wildman–Crippen LogP) is 12.7. The number of benzene rings is 5. The molecule has 0 aliphatic heterocycles. The Labute approximate surface area is 282 Å². The number of rotatable bonds is 4. The van der Waals surface area contributed by atoms with Gasteiger partial charge in [-0.25, -0.2) is 0 Å². The molecule has 0 saturated heterocycles. The Morgan fingerprint density at radius 1 is 0.511 bits per heavy atom. The van der Waals surface area contributed by atoms with Gasteiger partial charge in [0.05, 0.1) is 5.69 Å². The fourth-order valence-electron chi connectivity index (χ4n) is 9.38. The Bertz CT molecular complexity index is 2020. The Balaban J connectivity index is 1.48. The number of hydrogen-bond acceptors (Lipinski definition) is 1. The van der Waals surface area contributed by atoms with Crippen molar-refractivity contribution in [3.63, 3.8) is 0 Å². The number of hydrogen-bond donors (Lipinski definition) is 0. The van der Waals surface area contributed by atoms with Gasteiger partial charge in [0, 0.05) is 22.4 Å². The summed E-state index contributed by atoms with van der Waals surface area (Å²) in [6, 6.07) is 37.4. The second-order valence-electron chi connectivity index (χ2n) is 16.4. The minimum Gasteiger partial charge on any atom is -0.310 e. The molecule has 5 aromatic carbocycles. The number of nitrogens with zero attached hydrogens (tertiary/aromatic N) is 1. The third-order valence-electron chi connectivity index (χ3n) is 12.0. The van der Waals surface area contributed by atoms with E-state index in [0.717, 1.165) is 0 Å². The first-order valence-corrected chi connectivity index (χ1v) is 17.9. The molecule has 0 spiro atoms. The molecule has 8 rings (SSSR count). The van der Waals surface area contributed by atoms with Gasteiger partial charge in [0.2, 0.25) is 0 Å². The highest BCUT2D eigenvalue weighted by molar-refractivity contribution is 5.96. The van der Waals surface area contributed by atoms with E-state index in [0.29, 0.717) is 0 Å². The van der Waals surface area contributed by atoms with Gasteiger partial charge in [-0.1, -0.05) is 102 Å². The van der Waals surface area contributed by atoms with Crippen LogP contribution in [0.25, 0.3) is 22.3 Å². The van der Waals surface area contributed by atoms with Crippen molar-refractivity contribution >= 4 is 17.1 Å². The molecule has 0 aromatic heterocycles. The zero-order valence-corrected chi connectivity index (χ0v) is 29.4. The molecule has 238 valence electrons. The van der Waals surface area contributed by atoms with Crippen molar-refractivity contribution in [2.45, 2.75) is 103 Å². The summed E-state index contributed by atoms with van der Waals surface area (Å²) in [5.41, 5.74) is 19.7. The van der Waals surface area contributed by atoms with Gasteiger partial charge in [0.15, 0.2) is 0 Å². The van der Waals surface area contributed by atoms with Crippen molar-refractivity contribution in [2.24, 2.45) is 0 Å². The lowest BCUT2D eigenvalue weighted by Crippen LogP contribution is -2.35. The van der Waals surface area contributed by atoms with Crippen molar-refractivity contribution in [3.8, 4) is 22.3 Å². The maximum atomic E-state index is 2.57. The number of anilines is 3. The SMILES string of the molecule is Cc1ccc(-c2cc3c(cc2N(c2ccccc2)c2ccc4c(c2)CCCC4)C(C)(C)c2ccccc2-3)c2c1C(C)(C)CCC2(C)C. The van der Waals surface area contributed by atoms with Crippen LogP contribution < -0.4 is 4.90 Å². The van der Waals surface area contributed by atoms with Gasteiger partial charge in [-0.3, -0.25) is 0 Å². The molecule has 0 saturated carbocycles. The van der Waals surface area contributed by atoms with Crippen LogP contribution in [-0.4, -0.2) is 0 Å². The molecule has 0 N–H and O–H groups in total. The third kappa shape index (κ3) is 4.72. The molecule has 0 heterocycles. The van der Waals surface area contributed by atoms with Gasteiger partial charge in [-0.05, 0) is 148 Å². The molecular formula is C46H49N. The summed E-state index contributed by atoms with van der Waals surface area (Å²) in [5.74, 6) is 0. The van der Waals surface area contributed by atoms with E-state index in [1.807, 2.05) is 0 Å². The van der Waals surface area contributed by atoms with Crippen LogP contribution in [0.2, 0.25) is 0 Å². The summed E-state index contributed by atoms with van der Waals surface area (Å²) < 4.78 is 0. The lowest BCUT2D eigenvalue weighted by molar-refractivity contribution is 0.331. The standard InChI is InChI=1S/C46H49N/c1-30-21-24-36(43-42(30)44(2,3)25-26-45(43,4)5)38-28-37-35-19-13-14-20-39(35)46(6,7)40(37)29-41(38)47(33-17-9-8-10-18-33)34-23-22-31-15-11-12-16-32(31)27-34/h8-10,13-14,17-24,27-29H,11-12,15-16,25-26H2,1-7H3. The first-order chi connectivity index (χ1) is 22.5. The Kier molecular flexibility index (Phi) is 6.89. The topological polar surface area (TPSA) is 3.24 Å². The summed E-state index contributed by atoms with van der Waals surface area (Å²) >= 11 is 0. The predicted molar refractivity (Wildman–Crippen MR) is 201 cm³/mol. The molecule has 47 heavy (non-hydrogen) atoms. The molecule has 3 aliphatic carbocycles. The molecule has 0 bridgehead atoms. The fourth-order valence-corrected chi connectivity index (χ4v) is 9.38. The molecular weight excluding hydrogens is 567 g/mol. The quantitative estimate of drug-likeness (QED) is 0.194. The van der Waals surface area contributed by atoms with Gasteiger partial charge < -0.3 is 4.90 Å². The van der Waals surface area contributed by atoms with E-state index in [9.17, 15) is 0 Å². The largest absolute Gasteiger partial charge is 0.310 e. The number of para-hydroxylation sites is 1. The van der Waals surface area contributed by atoms with Gasteiger partial charge in [-0.15, -0.1) is 0 Å². The molecule has 0 unspecified atom stereocenters. The van der Waals surface area contributed by atoms with Gasteiger partial charge in [0.1, 0.15) is 0 Å². The zero-order chi connectivity index (χ0) is 32.7. The summed E-state index contributed by atoms with van der Waals surface area (Å²) in [6.45, 7) is 17.0. The molecule has 3 aliphatic rings. The Morgan fingerprint density at radius 2 is 1.19 bits per heavy atom. The van der Waals surface area contributed by atoms with Crippen LogP contribution in [0.1, 0.15) is 106 Å². The van der Waals surface area contributed by atoms with Crippen molar-refractivity contribution < 1.29 is 0 Å². The molecule has 0 fully saturated rings. The monoisotopic (exact) mass is 615 g/mol. The highest BCUT2D eigenvalue weighted by Gasteiger charge is 2.42. The van der Waals surface area contributed by atoms with Crippen molar-refractivity contribution in [1.82, 2.24) is 0 Å². The Hall–Kier alpha value is -4.10. The van der Waals surface area contributed by atoms with Crippen LogP contribution >= 0.6 is 0 Å². The van der Waals surface area contributed by atoms with Crippen LogP contribution in [0.3, 0.4) is 0 Å². The van der Waals surface area contributed by atoms with E-state index >= 15 is 0 Å². The van der Waals surface area contributed by atoms with E-state index in [1.165, 1.54) is 106 Å². The lowest BCUT2D eigenvalue weighted by Gasteiger charge is -2.44. The van der Waals surface area contributed by atoms with Crippen LogP contribution in [0.4, 0.5) is 17.1 Å². The van der Waals surface area contributed by atoms with Crippen LogP contribution in [0.15, 0.2) is 97.1 Å².